The number of methoxy groups -OCH3 is 1. The average molecular weight is 318 g/mol. The molecule has 0 aromatic carbocycles. The van der Waals surface area contributed by atoms with Gasteiger partial charge in [0.2, 0.25) is 11.3 Å². The molecule has 1 saturated carbocycles. The van der Waals surface area contributed by atoms with Crippen LogP contribution in [-0.2, 0) is 4.74 Å². The summed E-state index contributed by atoms with van der Waals surface area (Å²) in [6.07, 6.45) is 7.24. The fourth-order valence-electron chi connectivity index (χ4n) is 3.51. The van der Waals surface area contributed by atoms with Gasteiger partial charge in [-0.3, -0.25) is 0 Å². The second-order valence-corrected chi connectivity index (χ2v) is 6.36. The molecule has 124 valence electrons. The quantitative estimate of drug-likeness (QED) is 0.915. The average Bonchev–Trinajstić information content (AvgIpc) is 3.25. The molecule has 0 spiro atoms. The number of nitrogens with one attached hydrogen (secondary N) is 1. The zero-order valence-corrected chi connectivity index (χ0v) is 13.4. The van der Waals surface area contributed by atoms with E-state index in [0.29, 0.717) is 23.4 Å². The van der Waals surface area contributed by atoms with Crippen molar-refractivity contribution in [1.29, 1.82) is 0 Å². The Morgan fingerprint density at radius 1 is 1.04 bits per heavy atom. The molecule has 3 heterocycles. The molecule has 1 saturated heterocycles. The summed E-state index contributed by atoms with van der Waals surface area (Å²) in [6.45, 7) is 1.81. The van der Waals surface area contributed by atoms with Crippen LogP contribution in [0.2, 0.25) is 0 Å². The van der Waals surface area contributed by atoms with E-state index < -0.39 is 0 Å². The fraction of sp³-hybridized carbons (Fsp3) is 0.733. The highest BCUT2D eigenvalue weighted by molar-refractivity contribution is 5.74. The van der Waals surface area contributed by atoms with Crippen molar-refractivity contribution in [3.8, 4) is 0 Å². The summed E-state index contributed by atoms with van der Waals surface area (Å²) in [4.78, 5) is 11.5. The number of fused-ring (bicyclic) bond motifs is 1. The number of aromatic nitrogens is 4. The van der Waals surface area contributed by atoms with Crippen LogP contribution in [0.1, 0.15) is 38.5 Å². The van der Waals surface area contributed by atoms with Crippen molar-refractivity contribution < 1.29 is 9.37 Å². The summed E-state index contributed by atoms with van der Waals surface area (Å²) in [5.74, 6) is 1.66. The maximum absolute atomic E-state index is 5.46. The van der Waals surface area contributed by atoms with Crippen LogP contribution in [0.5, 0.6) is 0 Å². The zero-order chi connectivity index (χ0) is 15.6. The summed E-state index contributed by atoms with van der Waals surface area (Å²) < 4.78 is 10.2. The van der Waals surface area contributed by atoms with E-state index in [9.17, 15) is 0 Å². The first-order valence-electron chi connectivity index (χ1n) is 8.38. The highest BCUT2D eigenvalue weighted by Gasteiger charge is 2.25. The van der Waals surface area contributed by atoms with E-state index in [1.54, 1.807) is 7.11 Å². The Balaban J connectivity index is 1.62. The summed E-state index contributed by atoms with van der Waals surface area (Å²) in [7, 11) is 1.78. The Morgan fingerprint density at radius 2 is 1.74 bits per heavy atom. The monoisotopic (exact) mass is 318 g/mol. The van der Waals surface area contributed by atoms with Gasteiger partial charge in [-0.15, -0.1) is 0 Å². The smallest absolute Gasteiger partial charge is 0.245 e. The molecule has 23 heavy (non-hydrogen) atoms. The van der Waals surface area contributed by atoms with Crippen molar-refractivity contribution >= 4 is 22.9 Å². The Labute approximate surface area is 134 Å². The van der Waals surface area contributed by atoms with Gasteiger partial charge in [0, 0.05) is 26.2 Å². The van der Waals surface area contributed by atoms with Gasteiger partial charge in [-0.25, -0.2) is 14.6 Å². The van der Waals surface area contributed by atoms with Gasteiger partial charge in [-0.05, 0) is 36.0 Å². The van der Waals surface area contributed by atoms with Crippen molar-refractivity contribution in [2.45, 2.75) is 50.7 Å². The van der Waals surface area contributed by atoms with Crippen LogP contribution in [0, 0.1) is 0 Å². The lowest BCUT2D eigenvalue weighted by molar-refractivity contribution is 0.0818. The van der Waals surface area contributed by atoms with Gasteiger partial charge in [0.1, 0.15) is 0 Å². The van der Waals surface area contributed by atoms with E-state index in [4.69, 9.17) is 9.37 Å². The Morgan fingerprint density at radius 3 is 2.43 bits per heavy atom. The third-order valence-electron chi connectivity index (χ3n) is 4.87. The lowest BCUT2D eigenvalue weighted by atomic mass is 10.1. The first kappa shape index (κ1) is 14.6. The number of nitrogens with zero attached hydrogens (tertiary/aromatic N) is 5. The molecular weight excluding hydrogens is 296 g/mol. The van der Waals surface area contributed by atoms with Gasteiger partial charge in [-0.2, -0.15) is 0 Å². The van der Waals surface area contributed by atoms with E-state index in [-0.39, 0.29) is 0 Å². The lowest BCUT2D eigenvalue weighted by Crippen LogP contribution is -2.38. The van der Waals surface area contributed by atoms with Crippen molar-refractivity contribution in [2.24, 2.45) is 0 Å². The molecule has 2 aliphatic rings. The Kier molecular flexibility index (Phi) is 3.99. The fourth-order valence-corrected chi connectivity index (χ4v) is 3.51. The number of rotatable bonds is 4. The molecule has 2 fully saturated rings. The van der Waals surface area contributed by atoms with Gasteiger partial charge in [-0.1, -0.05) is 12.8 Å². The molecule has 0 amide bonds. The predicted molar refractivity (Wildman–Crippen MR) is 85.5 cm³/mol. The summed E-state index contributed by atoms with van der Waals surface area (Å²) >= 11 is 0. The number of hydrogen-bond donors (Lipinski definition) is 1. The predicted octanol–water partition coefficient (Wildman–Crippen LogP) is 1.98. The maximum Gasteiger partial charge on any atom is 0.245 e. The molecule has 1 N–H and O–H groups in total. The normalized spacial score (nSPS) is 20.5. The molecular formula is C15H22N6O2. The Hall–Kier alpha value is -1.96. The third kappa shape index (κ3) is 2.95. The van der Waals surface area contributed by atoms with E-state index in [2.05, 4.69) is 30.5 Å². The number of piperidine rings is 1. The largest absolute Gasteiger partial charge is 0.381 e. The van der Waals surface area contributed by atoms with Gasteiger partial charge in [0.05, 0.1) is 6.10 Å². The van der Waals surface area contributed by atoms with Crippen molar-refractivity contribution in [1.82, 2.24) is 20.3 Å². The molecule has 0 bridgehead atoms. The Bertz CT molecular complexity index is 661. The van der Waals surface area contributed by atoms with Crippen molar-refractivity contribution in [3.05, 3.63) is 0 Å². The number of anilines is 2. The van der Waals surface area contributed by atoms with Crippen LogP contribution in [0.25, 0.3) is 11.3 Å². The van der Waals surface area contributed by atoms with Crippen LogP contribution >= 0.6 is 0 Å². The number of hydrogen-bond acceptors (Lipinski definition) is 8. The molecule has 0 atom stereocenters. The molecule has 0 unspecified atom stereocenters. The highest BCUT2D eigenvalue weighted by atomic mass is 16.6. The maximum atomic E-state index is 5.46. The molecule has 0 radical (unpaired) electrons. The minimum atomic E-state index is 0.336. The van der Waals surface area contributed by atoms with Gasteiger partial charge in [0.25, 0.3) is 0 Å². The van der Waals surface area contributed by atoms with Gasteiger partial charge < -0.3 is 15.0 Å². The van der Waals surface area contributed by atoms with Crippen LogP contribution in [-0.4, -0.2) is 52.6 Å². The molecule has 2 aromatic rings. The highest BCUT2D eigenvalue weighted by Crippen LogP contribution is 2.30. The molecule has 1 aliphatic heterocycles. The molecule has 8 heteroatoms. The van der Waals surface area contributed by atoms with Gasteiger partial charge >= 0.3 is 0 Å². The summed E-state index contributed by atoms with van der Waals surface area (Å²) in [5, 5.41) is 11.2. The standard InChI is InChI=1S/C15H22N6O2/c1-22-11-6-8-21(9-7-11)15-14(16-10-4-2-3-5-10)17-12-13(18-15)20-23-19-12/h10-11H,2-9H2,1H3,(H,16,17,19). The first-order valence-corrected chi connectivity index (χ1v) is 8.38. The van der Waals surface area contributed by atoms with E-state index >= 15 is 0 Å². The van der Waals surface area contributed by atoms with Crippen molar-refractivity contribution in [2.75, 3.05) is 30.4 Å². The van der Waals surface area contributed by atoms with E-state index in [1.165, 1.54) is 25.7 Å². The summed E-state index contributed by atoms with van der Waals surface area (Å²) in [6, 6.07) is 0.469. The molecule has 8 nitrogen and oxygen atoms in total. The summed E-state index contributed by atoms with van der Waals surface area (Å²) in [5.41, 5.74) is 0.923. The van der Waals surface area contributed by atoms with Crippen LogP contribution < -0.4 is 10.2 Å². The number of ether oxygens (including phenoxy) is 1. The van der Waals surface area contributed by atoms with Crippen LogP contribution in [0.4, 0.5) is 11.6 Å². The van der Waals surface area contributed by atoms with Crippen molar-refractivity contribution in [3.63, 3.8) is 0 Å². The molecule has 2 aromatic heterocycles. The minimum Gasteiger partial charge on any atom is -0.381 e. The topological polar surface area (TPSA) is 89.2 Å². The van der Waals surface area contributed by atoms with E-state index in [1.807, 2.05) is 0 Å². The van der Waals surface area contributed by atoms with Gasteiger partial charge in [0.15, 0.2) is 11.6 Å². The SMILES string of the molecule is COC1CCN(c2nc3nonc3nc2NC2CCCC2)CC1. The lowest BCUT2D eigenvalue weighted by Gasteiger charge is -2.33. The van der Waals surface area contributed by atoms with Crippen LogP contribution in [0.15, 0.2) is 4.63 Å². The molecule has 4 rings (SSSR count). The minimum absolute atomic E-state index is 0.336. The van der Waals surface area contributed by atoms with Crippen LogP contribution in [0.3, 0.4) is 0 Å². The zero-order valence-electron chi connectivity index (χ0n) is 13.4. The second-order valence-electron chi connectivity index (χ2n) is 6.36. The third-order valence-corrected chi connectivity index (χ3v) is 4.87. The first-order chi connectivity index (χ1) is 11.3. The second kappa shape index (κ2) is 6.27. The van der Waals surface area contributed by atoms with E-state index in [0.717, 1.165) is 37.6 Å². The molecule has 1 aliphatic carbocycles.